The summed E-state index contributed by atoms with van der Waals surface area (Å²) in [7, 11) is 0. The number of hydrogen-bond donors (Lipinski definition) is 1. The lowest BCUT2D eigenvalue weighted by molar-refractivity contribution is -0.171. The van der Waals surface area contributed by atoms with Crippen LogP contribution in [0.1, 0.15) is 65.5 Å². The van der Waals surface area contributed by atoms with Crippen LogP contribution in [0.15, 0.2) is 36.4 Å². The summed E-state index contributed by atoms with van der Waals surface area (Å²) in [6, 6.07) is 8.64. The summed E-state index contributed by atoms with van der Waals surface area (Å²) in [6.07, 6.45) is -7.28. The topological polar surface area (TPSA) is 97.4 Å². The van der Waals surface area contributed by atoms with E-state index in [1.54, 1.807) is 51.1 Å². The van der Waals surface area contributed by atoms with E-state index in [1.807, 2.05) is 0 Å². The maximum absolute atomic E-state index is 16.8. The number of nitrogens with one attached hydrogen (secondary N) is 1. The molecular weight excluding hydrogens is 660 g/mol. The molecule has 0 aromatic heterocycles. The fraction of sp³-hybridized carbons (Fsp3) is 0.559. The van der Waals surface area contributed by atoms with E-state index in [-0.39, 0.29) is 61.0 Å². The zero-order chi connectivity index (χ0) is 36.5. The third-order valence-electron chi connectivity index (χ3n) is 7.63. The molecule has 2 amide bonds. The Bertz CT molecular complexity index is 1530. The van der Waals surface area contributed by atoms with Crippen molar-refractivity contribution >= 4 is 29.3 Å². The van der Waals surface area contributed by atoms with Crippen LogP contribution in [0, 0.1) is 11.7 Å². The van der Waals surface area contributed by atoms with Gasteiger partial charge in [-0.1, -0.05) is 30.3 Å². The average Bonchev–Trinajstić information content (AvgIpc) is 3.30. The molecule has 0 spiro atoms. The largest absolute Gasteiger partial charge is 0.487 e. The Morgan fingerprint density at radius 3 is 2.12 bits per heavy atom. The van der Waals surface area contributed by atoms with Gasteiger partial charge in [0.05, 0.1) is 11.7 Å². The molecule has 2 aliphatic rings. The molecule has 49 heavy (non-hydrogen) atoms. The molecule has 0 unspecified atom stereocenters. The van der Waals surface area contributed by atoms with E-state index in [0.29, 0.717) is 5.56 Å². The minimum atomic E-state index is -5.53. The number of halogens is 6. The first-order valence-electron chi connectivity index (χ1n) is 15.8. The molecule has 1 heterocycles. The number of nitrogens with zero attached hydrogens (tertiary/aromatic N) is 2. The minimum absolute atomic E-state index is 0.00588. The Labute approximate surface area is 280 Å². The molecule has 0 saturated heterocycles. The summed E-state index contributed by atoms with van der Waals surface area (Å²) in [6.45, 7) is 7.85. The molecule has 0 radical (unpaired) electrons. The number of hydrogen-bond acceptors (Lipinski definition) is 7. The Kier molecular flexibility index (Phi) is 10.9. The monoisotopic (exact) mass is 701 g/mol. The van der Waals surface area contributed by atoms with Crippen LogP contribution in [0.2, 0.25) is 0 Å². The normalized spacial score (nSPS) is 17.6. The van der Waals surface area contributed by atoms with E-state index in [1.165, 1.54) is 20.8 Å². The second kappa shape index (κ2) is 14.1. The van der Waals surface area contributed by atoms with Crippen molar-refractivity contribution in [1.82, 2.24) is 5.32 Å². The zero-order valence-electron chi connectivity index (χ0n) is 28.2. The molecule has 9 nitrogen and oxygen atoms in total. The van der Waals surface area contributed by atoms with Gasteiger partial charge < -0.3 is 19.5 Å². The van der Waals surface area contributed by atoms with Crippen LogP contribution in [-0.4, -0.2) is 66.9 Å². The number of benzene rings is 2. The maximum atomic E-state index is 16.8. The fourth-order valence-corrected chi connectivity index (χ4v) is 5.69. The van der Waals surface area contributed by atoms with Crippen LogP contribution < -0.4 is 19.9 Å². The number of carbonyl (C=O) groups excluding carboxylic acids is 3. The summed E-state index contributed by atoms with van der Waals surface area (Å²) >= 11 is 0. The zero-order valence-corrected chi connectivity index (χ0v) is 28.2. The van der Waals surface area contributed by atoms with Crippen LogP contribution >= 0.6 is 0 Å². The minimum Gasteiger partial charge on any atom is -0.487 e. The van der Waals surface area contributed by atoms with Gasteiger partial charge in [-0.25, -0.2) is 18.0 Å². The van der Waals surface area contributed by atoms with Crippen molar-refractivity contribution in [3.05, 3.63) is 53.3 Å². The highest BCUT2D eigenvalue weighted by Gasteiger charge is 2.48. The smallest absolute Gasteiger partial charge is 0.471 e. The van der Waals surface area contributed by atoms with Crippen molar-refractivity contribution in [2.75, 3.05) is 29.4 Å². The van der Waals surface area contributed by atoms with E-state index in [4.69, 9.17) is 14.2 Å². The quantitative estimate of drug-likeness (QED) is 0.212. The molecule has 1 atom stereocenters. The molecule has 270 valence electrons. The molecule has 1 N–H and O–H groups in total. The number of fused-ring (bicyclic) bond motifs is 1. The lowest BCUT2D eigenvalue weighted by atomic mass is 9.81. The number of carbonyl (C=O) groups is 3. The maximum Gasteiger partial charge on any atom is 0.471 e. The second-order valence-electron chi connectivity index (χ2n) is 14.3. The van der Waals surface area contributed by atoms with Gasteiger partial charge >= 0.3 is 24.1 Å². The number of alkyl halides is 5. The van der Waals surface area contributed by atoms with E-state index in [9.17, 15) is 36.3 Å². The average molecular weight is 702 g/mol. The molecule has 1 fully saturated rings. The molecule has 4 rings (SSSR count). The van der Waals surface area contributed by atoms with Crippen LogP contribution in [0.25, 0.3) is 0 Å². The van der Waals surface area contributed by atoms with E-state index >= 15 is 4.39 Å². The van der Waals surface area contributed by atoms with Gasteiger partial charge in [0.1, 0.15) is 35.8 Å². The molecule has 1 aliphatic carbocycles. The van der Waals surface area contributed by atoms with Gasteiger partial charge in [-0.15, -0.1) is 0 Å². The van der Waals surface area contributed by atoms with Crippen LogP contribution in [0.5, 0.6) is 5.75 Å². The van der Waals surface area contributed by atoms with Crippen molar-refractivity contribution in [2.45, 2.75) is 96.8 Å². The Hall–Kier alpha value is -4.01. The SMILES string of the molecule is CC(C)(C)OC(=O)CN(C(=O)C(F)(F)F)c1c(OCc2ccccc2)cc2c(c1F)C[C@H](CNCC1CC(F)(F)C1)N2C(=O)OC(C)(C)C. The Balaban J connectivity index is 1.81. The highest BCUT2D eigenvalue weighted by molar-refractivity contribution is 6.03. The number of esters is 1. The Morgan fingerprint density at radius 2 is 1.57 bits per heavy atom. The van der Waals surface area contributed by atoms with Gasteiger partial charge in [0.15, 0.2) is 5.82 Å². The molecule has 15 heteroatoms. The molecule has 0 bridgehead atoms. The van der Waals surface area contributed by atoms with Gasteiger partial charge in [-0.05, 0) is 66.0 Å². The number of ether oxygens (including phenoxy) is 3. The van der Waals surface area contributed by atoms with Crippen molar-refractivity contribution < 1.29 is 54.9 Å². The lowest BCUT2D eigenvalue weighted by Crippen LogP contribution is -2.48. The molecule has 1 aliphatic heterocycles. The van der Waals surface area contributed by atoms with Crippen molar-refractivity contribution in [3.63, 3.8) is 0 Å². The third kappa shape index (κ3) is 9.79. The highest BCUT2D eigenvalue weighted by Crippen LogP contribution is 2.46. The van der Waals surface area contributed by atoms with Gasteiger partial charge in [0, 0.05) is 31.0 Å². The van der Waals surface area contributed by atoms with Gasteiger partial charge in [0.25, 0.3) is 0 Å². The van der Waals surface area contributed by atoms with Crippen LogP contribution in [0.4, 0.5) is 42.5 Å². The van der Waals surface area contributed by atoms with E-state index in [2.05, 4.69) is 5.32 Å². The van der Waals surface area contributed by atoms with Crippen LogP contribution in [-0.2, 0) is 32.1 Å². The van der Waals surface area contributed by atoms with Crippen LogP contribution in [0.3, 0.4) is 0 Å². The number of anilines is 2. The third-order valence-corrected chi connectivity index (χ3v) is 7.63. The first-order chi connectivity index (χ1) is 22.5. The van der Waals surface area contributed by atoms with Gasteiger partial charge in [0.2, 0.25) is 5.92 Å². The lowest BCUT2D eigenvalue weighted by Gasteiger charge is -2.35. The highest BCUT2D eigenvalue weighted by atomic mass is 19.4. The van der Waals surface area contributed by atoms with Crippen molar-refractivity contribution in [3.8, 4) is 5.75 Å². The second-order valence-corrected chi connectivity index (χ2v) is 14.3. The molecule has 1 saturated carbocycles. The Morgan fingerprint density at radius 1 is 0.959 bits per heavy atom. The predicted molar refractivity (Wildman–Crippen MR) is 168 cm³/mol. The number of rotatable bonds is 10. The molecule has 2 aromatic carbocycles. The molecule has 2 aromatic rings. The van der Waals surface area contributed by atoms with E-state index < -0.39 is 71.1 Å². The number of amides is 2. The first-order valence-corrected chi connectivity index (χ1v) is 15.8. The fourth-order valence-electron chi connectivity index (χ4n) is 5.69. The standard InChI is InChI=1S/C34H41F6N3O6/c1-31(2,3)48-26(44)18-42(29(45)34(38,39)40)28-25(47-19-20-10-8-7-9-11-20)13-24-23(27(28)35)12-22(43(24)30(46)49-32(4,5)6)17-41-16-21-14-33(36,37)15-21/h7-11,13,21-22,41H,12,14-19H2,1-6H3/t22-/m1/s1. The summed E-state index contributed by atoms with van der Waals surface area (Å²) < 4.78 is 102. The summed E-state index contributed by atoms with van der Waals surface area (Å²) in [5, 5.41) is 3.04. The summed E-state index contributed by atoms with van der Waals surface area (Å²) in [4.78, 5) is 40.3. The van der Waals surface area contributed by atoms with Crippen molar-refractivity contribution in [1.29, 1.82) is 0 Å². The van der Waals surface area contributed by atoms with Gasteiger partial charge in [-0.2, -0.15) is 13.2 Å². The summed E-state index contributed by atoms with van der Waals surface area (Å²) in [5.74, 6) is -8.72. The predicted octanol–water partition coefficient (Wildman–Crippen LogP) is 6.94. The molecular formula is C34H41F6N3O6. The summed E-state index contributed by atoms with van der Waals surface area (Å²) in [5.41, 5.74) is -2.88. The van der Waals surface area contributed by atoms with Crippen molar-refractivity contribution in [2.24, 2.45) is 5.92 Å². The first kappa shape index (κ1) is 37.8. The van der Waals surface area contributed by atoms with Gasteiger partial charge in [-0.3, -0.25) is 19.4 Å². The van der Waals surface area contributed by atoms with E-state index in [0.717, 1.165) is 11.0 Å².